The van der Waals surface area contributed by atoms with Crippen LogP contribution in [0, 0.1) is 5.92 Å². The summed E-state index contributed by atoms with van der Waals surface area (Å²) in [5, 5.41) is 24.0. The highest BCUT2D eigenvalue weighted by molar-refractivity contribution is 7.80. The first-order valence-corrected chi connectivity index (χ1v) is 9.25. The Hall–Kier alpha value is -1.09. The molecule has 7 nitrogen and oxygen atoms in total. The van der Waals surface area contributed by atoms with Crippen LogP contribution < -0.4 is 16.4 Å². The van der Waals surface area contributed by atoms with Gasteiger partial charge >= 0.3 is 5.97 Å². The van der Waals surface area contributed by atoms with Gasteiger partial charge in [-0.05, 0) is 12.8 Å². The molecular weight excluding hydrogens is 342 g/mol. The molecule has 0 bridgehead atoms. The molecule has 0 aromatic carbocycles. The van der Waals surface area contributed by atoms with E-state index in [9.17, 15) is 14.7 Å². The Kier molecular flexibility index (Phi) is 11.8. The van der Waals surface area contributed by atoms with Crippen LogP contribution in [0.25, 0.3) is 0 Å². The number of carboxylic acids is 1. The van der Waals surface area contributed by atoms with Gasteiger partial charge in [-0.1, -0.05) is 32.4 Å². The van der Waals surface area contributed by atoms with E-state index in [2.05, 4.69) is 37.1 Å². The van der Waals surface area contributed by atoms with E-state index in [4.69, 9.17) is 10.8 Å². The van der Waals surface area contributed by atoms with Gasteiger partial charge in [-0.3, -0.25) is 4.79 Å². The molecule has 0 rings (SSSR count). The van der Waals surface area contributed by atoms with Crippen LogP contribution in [0.15, 0.2) is 12.2 Å². The largest absolute Gasteiger partial charge is 0.480 e. The molecule has 0 aromatic heterocycles. The third kappa shape index (κ3) is 9.25. The summed E-state index contributed by atoms with van der Waals surface area (Å²) in [5.41, 5.74) is 4.40. The molecule has 1 amide bonds. The summed E-state index contributed by atoms with van der Waals surface area (Å²) in [5.74, 6) is -0.612. The Bertz CT molecular complexity index is 448. The summed E-state index contributed by atoms with van der Waals surface area (Å²) in [6, 6.07) is 0.0355. The van der Waals surface area contributed by atoms with Gasteiger partial charge in [-0.15, -0.1) is 0 Å². The van der Waals surface area contributed by atoms with Gasteiger partial charge in [-0.25, -0.2) is 4.79 Å². The van der Waals surface area contributed by atoms with Crippen molar-refractivity contribution >= 4 is 24.5 Å². The molecule has 0 fully saturated rings. The number of carboxylic acid groups (broad SMARTS) is 1. The van der Waals surface area contributed by atoms with Gasteiger partial charge in [0.05, 0.1) is 0 Å². The van der Waals surface area contributed by atoms with Gasteiger partial charge in [-0.2, -0.15) is 12.6 Å². The monoisotopic (exact) mass is 375 g/mol. The second-order valence-corrected chi connectivity index (χ2v) is 6.92. The van der Waals surface area contributed by atoms with Crippen molar-refractivity contribution in [1.29, 1.82) is 0 Å². The fourth-order valence-corrected chi connectivity index (χ4v) is 2.32. The number of carbonyl (C=O) groups is 2. The van der Waals surface area contributed by atoms with Gasteiger partial charge in [0.25, 0.3) is 0 Å². The first kappa shape index (κ1) is 23.9. The summed E-state index contributed by atoms with van der Waals surface area (Å²) in [4.78, 5) is 23.3. The van der Waals surface area contributed by atoms with Crippen molar-refractivity contribution < 1.29 is 19.8 Å². The van der Waals surface area contributed by atoms with E-state index >= 15 is 0 Å². The molecule has 0 unspecified atom stereocenters. The molecule has 8 heteroatoms. The van der Waals surface area contributed by atoms with E-state index in [1.165, 1.54) is 6.92 Å². The number of nitrogens with two attached hydrogens (primary N) is 1. The van der Waals surface area contributed by atoms with Crippen LogP contribution in [0.1, 0.15) is 40.0 Å². The summed E-state index contributed by atoms with van der Waals surface area (Å²) < 4.78 is 0. The minimum atomic E-state index is -1.46. The molecule has 0 spiro atoms. The molecule has 0 heterocycles. The number of aliphatic hydroxyl groups is 1. The van der Waals surface area contributed by atoms with Crippen LogP contribution in [-0.2, 0) is 9.59 Å². The quantitative estimate of drug-likeness (QED) is 0.206. The minimum absolute atomic E-state index is 0.0404. The van der Waals surface area contributed by atoms with E-state index in [0.717, 1.165) is 6.42 Å². The molecular formula is C17H33N3O4S. The van der Waals surface area contributed by atoms with Crippen LogP contribution in [0.4, 0.5) is 0 Å². The number of rotatable bonds is 13. The number of aliphatic hydroxyl groups excluding tert-OH is 1. The van der Waals surface area contributed by atoms with Gasteiger partial charge in [0.15, 0.2) is 0 Å². The average molecular weight is 376 g/mol. The number of nitrogens with one attached hydrogen (secondary N) is 2. The van der Waals surface area contributed by atoms with Crippen molar-refractivity contribution in [2.45, 2.75) is 57.7 Å². The van der Waals surface area contributed by atoms with Crippen LogP contribution in [0.5, 0.6) is 0 Å². The van der Waals surface area contributed by atoms with Gasteiger partial charge in [0.1, 0.15) is 5.54 Å². The molecule has 0 aliphatic heterocycles. The lowest BCUT2D eigenvalue weighted by Gasteiger charge is -2.25. The summed E-state index contributed by atoms with van der Waals surface area (Å²) >= 11 is 4.16. The van der Waals surface area contributed by atoms with Crippen molar-refractivity contribution in [2.75, 3.05) is 18.9 Å². The molecule has 146 valence electrons. The predicted molar refractivity (Wildman–Crippen MR) is 103 cm³/mol. The second-order valence-electron chi connectivity index (χ2n) is 6.55. The first-order chi connectivity index (χ1) is 11.7. The molecule has 0 radical (unpaired) electrons. The number of thiol groups is 1. The maximum absolute atomic E-state index is 12.0. The molecule has 4 atom stereocenters. The lowest BCUT2D eigenvalue weighted by Crippen LogP contribution is -2.52. The maximum atomic E-state index is 12.0. The predicted octanol–water partition coefficient (Wildman–Crippen LogP) is 0.536. The number of amides is 1. The highest BCUT2D eigenvalue weighted by atomic mass is 32.1. The average Bonchev–Trinajstić information content (AvgIpc) is 2.56. The van der Waals surface area contributed by atoms with Gasteiger partial charge in [0.2, 0.25) is 5.91 Å². The summed E-state index contributed by atoms with van der Waals surface area (Å²) in [6.07, 6.45) is 4.64. The second kappa shape index (κ2) is 12.3. The summed E-state index contributed by atoms with van der Waals surface area (Å²) in [7, 11) is 0. The van der Waals surface area contributed by atoms with Crippen LogP contribution >= 0.6 is 12.6 Å². The topological polar surface area (TPSA) is 125 Å². The molecule has 0 saturated heterocycles. The molecule has 0 aliphatic rings. The Morgan fingerprint density at radius 2 is 2.04 bits per heavy atom. The maximum Gasteiger partial charge on any atom is 0.329 e. The third-order valence-corrected chi connectivity index (χ3v) is 4.72. The molecule has 0 aliphatic carbocycles. The smallest absolute Gasteiger partial charge is 0.329 e. The van der Waals surface area contributed by atoms with Crippen LogP contribution in [0.3, 0.4) is 0 Å². The molecule has 0 aromatic rings. The Morgan fingerprint density at radius 3 is 2.52 bits per heavy atom. The minimum Gasteiger partial charge on any atom is -0.480 e. The number of aliphatic carboxylic acids is 1. The zero-order valence-corrected chi connectivity index (χ0v) is 16.3. The standard InChI is InChI=1S/C17H33N3O4S/c1-4-12(2)14(19-10-13(18)11-25)6-5-7-15(22)20-17(3,8-9-21)16(23)24/h5-6,12-14,19,21,25H,4,7-11,18H2,1-3H3,(H,20,22)(H,23,24)/b6-5+/t12-,13+,14+,17+/m0/s1. The number of hydrogen-bond donors (Lipinski definition) is 6. The van der Waals surface area contributed by atoms with Crippen molar-refractivity contribution in [2.24, 2.45) is 11.7 Å². The van der Waals surface area contributed by atoms with E-state index < -0.39 is 17.4 Å². The van der Waals surface area contributed by atoms with Crippen molar-refractivity contribution in [3.05, 3.63) is 12.2 Å². The van der Waals surface area contributed by atoms with Crippen LogP contribution in [0.2, 0.25) is 0 Å². The van der Waals surface area contributed by atoms with Crippen molar-refractivity contribution in [3.8, 4) is 0 Å². The van der Waals surface area contributed by atoms with Gasteiger partial charge in [0, 0.05) is 43.8 Å². The number of hydrogen-bond acceptors (Lipinski definition) is 6. The highest BCUT2D eigenvalue weighted by Gasteiger charge is 2.33. The molecule has 6 N–H and O–H groups in total. The van der Waals surface area contributed by atoms with Crippen molar-refractivity contribution in [1.82, 2.24) is 10.6 Å². The van der Waals surface area contributed by atoms with Crippen molar-refractivity contribution in [3.63, 3.8) is 0 Å². The Labute approximate surface area is 155 Å². The van der Waals surface area contributed by atoms with E-state index in [0.29, 0.717) is 18.2 Å². The fraction of sp³-hybridized carbons (Fsp3) is 0.765. The lowest BCUT2D eigenvalue weighted by molar-refractivity contribution is -0.147. The van der Waals surface area contributed by atoms with E-state index in [-0.39, 0.29) is 31.5 Å². The Balaban J connectivity index is 4.69. The van der Waals surface area contributed by atoms with Gasteiger partial charge < -0.3 is 26.6 Å². The first-order valence-electron chi connectivity index (χ1n) is 8.61. The fourth-order valence-electron chi connectivity index (χ4n) is 2.19. The SMILES string of the molecule is CC[C@H](C)[C@@H](/C=C/CC(=O)N[C@](C)(CCO)C(=O)O)NC[C@@H](N)CS. The zero-order valence-electron chi connectivity index (χ0n) is 15.4. The third-order valence-electron chi connectivity index (χ3n) is 4.25. The van der Waals surface area contributed by atoms with E-state index in [1.54, 1.807) is 6.08 Å². The highest BCUT2D eigenvalue weighted by Crippen LogP contribution is 2.11. The Morgan fingerprint density at radius 1 is 1.40 bits per heavy atom. The van der Waals surface area contributed by atoms with Crippen LogP contribution in [-0.4, -0.2) is 58.6 Å². The summed E-state index contributed by atoms with van der Waals surface area (Å²) in [6.45, 7) is 5.89. The van der Waals surface area contributed by atoms with E-state index in [1.807, 2.05) is 6.08 Å². The zero-order chi connectivity index (χ0) is 19.5. The molecule has 25 heavy (non-hydrogen) atoms. The number of carbonyl (C=O) groups excluding carboxylic acids is 1. The molecule has 0 saturated carbocycles. The lowest BCUT2D eigenvalue weighted by atomic mass is 9.97. The normalized spacial score (nSPS) is 17.7.